The standard InChI is InChI=1S/C15H23N3O3/c1-15(10-16,11-6-7-11)17-13(19)9-18-8-4-3-5-12(18)14(20)21-2/h11-12H,3-9H2,1-2H3,(H,17,19)/t12-,15?/m1/s1. The Hall–Kier alpha value is -1.61. The first-order chi connectivity index (χ1) is 10.00. The topological polar surface area (TPSA) is 82.4 Å². The van der Waals surface area contributed by atoms with Gasteiger partial charge in [-0.15, -0.1) is 0 Å². The summed E-state index contributed by atoms with van der Waals surface area (Å²) < 4.78 is 4.81. The molecule has 0 spiro atoms. The third-order valence-corrected chi connectivity index (χ3v) is 4.46. The predicted molar refractivity (Wildman–Crippen MR) is 76.1 cm³/mol. The van der Waals surface area contributed by atoms with Crippen molar-refractivity contribution < 1.29 is 14.3 Å². The van der Waals surface area contributed by atoms with Crippen LogP contribution in [-0.4, -0.2) is 48.6 Å². The van der Waals surface area contributed by atoms with Crippen LogP contribution >= 0.6 is 0 Å². The summed E-state index contributed by atoms with van der Waals surface area (Å²) in [7, 11) is 1.37. The normalized spacial score (nSPS) is 25.5. The highest BCUT2D eigenvalue weighted by molar-refractivity contribution is 5.81. The highest BCUT2D eigenvalue weighted by Gasteiger charge is 2.43. The van der Waals surface area contributed by atoms with Gasteiger partial charge >= 0.3 is 5.97 Å². The molecule has 116 valence electrons. The van der Waals surface area contributed by atoms with Crippen LogP contribution in [-0.2, 0) is 14.3 Å². The van der Waals surface area contributed by atoms with Crippen LogP contribution in [0.4, 0.5) is 0 Å². The number of nitrogens with one attached hydrogen (secondary N) is 1. The van der Waals surface area contributed by atoms with E-state index in [1.54, 1.807) is 6.92 Å². The average Bonchev–Trinajstić information content (AvgIpc) is 3.31. The summed E-state index contributed by atoms with van der Waals surface area (Å²) in [6.07, 6.45) is 4.63. The molecule has 0 aromatic rings. The summed E-state index contributed by atoms with van der Waals surface area (Å²) in [6.45, 7) is 2.63. The van der Waals surface area contributed by atoms with Crippen molar-refractivity contribution in [2.75, 3.05) is 20.2 Å². The van der Waals surface area contributed by atoms with Crippen molar-refractivity contribution in [3.63, 3.8) is 0 Å². The molecule has 1 aliphatic heterocycles. The number of methoxy groups -OCH3 is 1. The number of ether oxygens (including phenoxy) is 1. The van der Waals surface area contributed by atoms with E-state index < -0.39 is 5.54 Å². The van der Waals surface area contributed by atoms with Gasteiger partial charge in [-0.25, -0.2) is 0 Å². The molecule has 1 heterocycles. The van der Waals surface area contributed by atoms with Crippen LogP contribution < -0.4 is 5.32 Å². The van der Waals surface area contributed by atoms with Crippen molar-refractivity contribution in [1.82, 2.24) is 10.2 Å². The van der Waals surface area contributed by atoms with Gasteiger partial charge in [0.05, 0.1) is 19.7 Å². The summed E-state index contributed by atoms with van der Waals surface area (Å²) >= 11 is 0. The van der Waals surface area contributed by atoms with Crippen LogP contribution in [0.2, 0.25) is 0 Å². The first kappa shape index (κ1) is 15.8. The summed E-state index contributed by atoms with van der Waals surface area (Å²) in [5, 5.41) is 12.1. The zero-order chi connectivity index (χ0) is 15.5. The number of hydrogen-bond donors (Lipinski definition) is 1. The van der Waals surface area contributed by atoms with Gasteiger partial charge in [0, 0.05) is 0 Å². The van der Waals surface area contributed by atoms with Gasteiger partial charge in [0.1, 0.15) is 11.6 Å². The maximum Gasteiger partial charge on any atom is 0.323 e. The molecule has 0 aromatic carbocycles. The third kappa shape index (κ3) is 3.73. The second-order valence-corrected chi connectivity index (χ2v) is 6.14. The molecule has 1 amide bonds. The van der Waals surface area contributed by atoms with Crippen molar-refractivity contribution >= 4 is 11.9 Å². The number of nitriles is 1. The molecule has 0 radical (unpaired) electrons. The summed E-state index contributed by atoms with van der Waals surface area (Å²) in [4.78, 5) is 25.8. The maximum atomic E-state index is 12.2. The Labute approximate surface area is 125 Å². The molecule has 2 atom stereocenters. The number of carbonyl (C=O) groups is 2. The fourth-order valence-electron chi connectivity index (χ4n) is 2.98. The second-order valence-electron chi connectivity index (χ2n) is 6.14. The lowest BCUT2D eigenvalue weighted by Gasteiger charge is -2.34. The molecule has 0 aromatic heterocycles. The number of rotatable bonds is 5. The molecular weight excluding hydrogens is 270 g/mol. The lowest BCUT2D eigenvalue weighted by Crippen LogP contribution is -2.54. The predicted octanol–water partition coefficient (Wildman–Crippen LogP) is 0.822. The fraction of sp³-hybridized carbons (Fsp3) is 0.800. The Bertz CT molecular complexity index is 456. The smallest absolute Gasteiger partial charge is 0.323 e. The van der Waals surface area contributed by atoms with Crippen molar-refractivity contribution in [3.05, 3.63) is 0 Å². The zero-order valence-corrected chi connectivity index (χ0v) is 12.7. The number of amides is 1. The molecular formula is C15H23N3O3. The Kier molecular flexibility index (Phi) is 4.84. The average molecular weight is 293 g/mol. The van der Waals surface area contributed by atoms with E-state index in [0.29, 0.717) is 6.54 Å². The van der Waals surface area contributed by atoms with Crippen LogP contribution in [0, 0.1) is 17.2 Å². The van der Waals surface area contributed by atoms with Crippen molar-refractivity contribution in [1.29, 1.82) is 5.26 Å². The maximum absolute atomic E-state index is 12.2. The number of piperidine rings is 1. The Morgan fingerprint density at radius 3 is 2.67 bits per heavy atom. The Morgan fingerprint density at radius 1 is 1.38 bits per heavy atom. The highest BCUT2D eigenvalue weighted by atomic mass is 16.5. The highest BCUT2D eigenvalue weighted by Crippen LogP contribution is 2.39. The minimum absolute atomic E-state index is 0.143. The number of nitrogens with zero attached hydrogens (tertiary/aromatic N) is 2. The van der Waals surface area contributed by atoms with E-state index in [1.807, 2.05) is 4.90 Å². The fourth-order valence-corrected chi connectivity index (χ4v) is 2.98. The molecule has 2 fully saturated rings. The van der Waals surface area contributed by atoms with Gasteiger partial charge in [-0.3, -0.25) is 14.5 Å². The monoisotopic (exact) mass is 293 g/mol. The molecule has 1 unspecified atom stereocenters. The summed E-state index contributed by atoms with van der Waals surface area (Å²) in [5.74, 6) is -0.223. The summed E-state index contributed by atoms with van der Waals surface area (Å²) in [5.41, 5.74) is -0.784. The molecule has 0 bridgehead atoms. The van der Waals surface area contributed by atoms with Gasteiger partial charge in [0.2, 0.25) is 5.91 Å². The first-order valence-electron chi connectivity index (χ1n) is 7.54. The third-order valence-electron chi connectivity index (χ3n) is 4.46. The van der Waals surface area contributed by atoms with Gasteiger partial charge in [-0.1, -0.05) is 6.42 Å². The Morgan fingerprint density at radius 2 is 2.10 bits per heavy atom. The van der Waals surface area contributed by atoms with Gasteiger partial charge in [-0.2, -0.15) is 5.26 Å². The van der Waals surface area contributed by atoms with E-state index in [9.17, 15) is 14.9 Å². The van der Waals surface area contributed by atoms with Gasteiger partial charge in [0.15, 0.2) is 0 Å². The van der Waals surface area contributed by atoms with E-state index in [-0.39, 0.29) is 30.4 Å². The number of likely N-dealkylation sites (tertiary alicyclic amines) is 1. The van der Waals surface area contributed by atoms with E-state index in [0.717, 1.165) is 32.1 Å². The van der Waals surface area contributed by atoms with Crippen molar-refractivity contribution in [2.24, 2.45) is 5.92 Å². The SMILES string of the molecule is COC(=O)[C@H]1CCCCN1CC(=O)NC(C)(C#N)C1CC1. The molecule has 6 heteroatoms. The van der Waals surface area contributed by atoms with Crippen LogP contribution in [0.15, 0.2) is 0 Å². The molecule has 1 aliphatic carbocycles. The molecule has 1 N–H and O–H groups in total. The Balaban J connectivity index is 1.94. The minimum atomic E-state index is -0.784. The van der Waals surface area contributed by atoms with Crippen LogP contribution in [0.3, 0.4) is 0 Å². The molecule has 2 aliphatic rings. The molecule has 2 rings (SSSR count). The van der Waals surface area contributed by atoms with Gasteiger partial charge in [0.25, 0.3) is 0 Å². The molecule has 1 saturated carbocycles. The van der Waals surface area contributed by atoms with Crippen molar-refractivity contribution in [2.45, 2.75) is 50.6 Å². The lowest BCUT2D eigenvalue weighted by atomic mass is 9.97. The van der Waals surface area contributed by atoms with E-state index in [4.69, 9.17) is 4.74 Å². The van der Waals surface area contributed by atoms with Gasteiger partial charge < -0.3 is 10.1 Å². The quantitative estimate of drug-likeness (QED) is 0.759. The lowest BCUT2D eigenvalue weighted by molar-refractivity contribution is -0.148. The first-order valence-corrected chi connectivity index (χ1v) is 7.54. The van der Waals surface area contributed by atoms with E-state index in [2.05, 4.69) is 11.4 Å². The molecule has 21 heavy (non-hydrogen) atoms. The molecule has 1 saturated heterocycles. The van der Waals surface area contributed by atoms with E-state index >= 15 is 0 Å². The van der Waals surface area contributed by atoms with Crippen LogP contribution in [0.5, 0.6) is 0 Å². The largest absolute Gasteiger partial charge is 0.468 e. The zero-order valence-electron chi connectivity index (χ0n) is 12.7. The molecule has 6 nitrogen and oxygen atoms in total. The number of esters is 1. The minimum Gasteiger partial charge on any atom is -0.468 e. The van der Waals surface area contributed by atoms with E-state index in [1.165, 1.54) is 7.11 Å². The van der Waals surface area contributed by atoms with Crippen LogP contribution in [0.25, 0.3) is 0 Å². The summed E-state index contributed by atoms with van der Waals surface area (Å²) in [6, 6.07) is 1.87. The second kappa shape index (κ2) is 6.44. The number of hydrogen-bond acceptors (Lipinski definition) is 5. The number of carbonyl (C=O) groups excluding carboxylic acids is 2. The van der Waals surface area contributed by atoms with Gasteiger partial charge in [-0.05, 0) is 45.1 Å². The van der Waals surface area contributed by atoms with Crippen LogP contribution in [0.1, 0.15) is 39.0 Å². The van der Waals surface area contributed by atoms with Crippen molar-refractivity contribution in [3.8, 4) is 6.07 Å².